The standard InChI is InChI=1S/C21H22F3N7O2/c22-21(23,24)13-6-28-19(30-16-8-33-20(16)9-26-10-20)31-17(13)12-5-27-18-11(12)1-2-14(29-18)15-7-25-3-4-32-15/h1-2,5-6,15-16,25-26H,3-4,7-10H2,(H,27,29)(H,28,30,31). The summed E-state index contributed by atoms with van der Waals surface area (Å²) >= 11 is 0. The van der Waals surface area contributed by atoms with E-state index in [9.17, 15) is 13.2 Å². The summed E-state index contributed by atoms with van der Waals surface area (Å²) in [7, 11) is 0. The Bertz CT molecular complexity index is 1180. The summed E-state index contributed by atoms with van der Waals surface area (Å²) in [6.45, 7) is 3.83. The molecule has 0 aliphatic carbocycles. The molecule has 4 N–H and O–H groups in total. The number of halogens is 3. The van der Waals surface area contributed by atoms with Gasteiger partial charge in [0.25, 0.3) is 0 Å². The molecule has 6 rings (SSSR count). The number of aromatic amines is 1. The lowest BCUT2D eigenvalue weighted by molar-refractivity contribution is -0.184. The first kappa shape index (κ1) is 20.8. The molecule has 0 saturated carbocycles. The fourth-order valence-corrected chi connectivity index (χ4v) is 4.47. The summed E-state index contributed by atoms with van der Waals surface area (Å²) in [6, 6.07) is 3.48. The number of anilines is 1. The summed E-state index contributed by atoms with van der Waals surface area (Å²) < 4.78 is 52.9. The van der Waals surface area contributed by atoms with Gasteiger partial charge in [-0.2, -0.15) is 13.2 Å². The molecule has 3 aliphatic heterocycles. The second-order valence-electron chi connectivity index (χ2n) is 8.53. The fourth-order valence-electron chi connectivity index (χ4n) is 4.47. The highest BCUT2D eigenvalue weighted by molar-refractivity contribution is 5.93. The summed E-state index contributed by atoms with van der Waals surface area (Å²) in [4.78, 5) is 15.8. The second kappa shape index (κ2) is 7.62. The third-order valence-electron chi connectivity index (χ3n) is 6.49. The molecule has 0 radical (unpaired) electrons. The van der Waals surface area contributed by atoms with E-state index in [0.29, 0.717) is 55.1 Å². The lowest BCUT2D eigenvalue weighted by atomic mass is 9.83. The zero-order valence-electron chi connectivity index (χ0n) is 17.5. The van der Waals surface area contributed by atoms with Gasteiger partial charge < -0.3 is 30.4 Å². The molecule has 2 unspecified atom stereocenters. The lowest BCUT2D eigenvalue weighted by Gasteiger charge is -2.55. The summed E-state index contributed by atoms with van der Waals surface area (Å²) in [5.74, 6) is 0.137. The smallest absolute Gasteiger partial charge is 0.369 e. The summed E-state index contributed by atoms with van der Waals surface area (Å²) in [5.41, 5.74) is 0.0801. The van der Waals surface area contributed by atoms with Crippen molar-refractivity contribution in [2.24, 2.45) is 0 Å². The van der Waals surface area contributed by atoms with Gasteiger partial charge in [0.2, 0.25) is 5.95 Å². The molecule has 0 amide bonds. The molecule has 6 heterocycles. The van der Waals surface area contributed by atoms with E-state index in [-0.39, 0.29) is 29.4 Å². The van der Waals surface area contributed by atoms with Crippen LogP contribution in [0, 0.1) is 0 Å². The van der Waals surface area contributed by atoms with E-state index in [2.05, 4.69) is 35.9 Å². The van der Waals surface area contributed by atoms with Crippen molar-refractivity contribution in [2.75, 3.05) is 44.7 Å². The first-order valence-corrected chi connectivity index (χ1v) is 10.8. The first-order chi connectivity index (χ1) is 15.9. The predicted octanol–water partition coefficient (Wildman–Crippen LogP) is 1.85. The zero-order chi connectivity index (χ0) is 22.6. The number of hydrogen-bond acceptors (Lipinski definition) is 8. The van der Waals surface area contributed by atoms with Crippen molar-refractivity contribution in [3.8, 4) is 11.3 Å². The first-order valence-electron chi connectivity index (χ1n) is 10.8. The van der Waals surface area contributed by atoms with Crippen LogP contribution in [0.5, 0.6) is 0 Å². The largest absolute Gasteiger partial charge is 0.419 e. The maximum absolute atomic E-state index is 13.8. The predicted molar refractivity (Wildman–Crippen MR) is 113 cm³/mol. The highest BCUT2D eigenvalue weighted by atomic mass is 19.4. The molecule has 1 spiro atoms. The number of nitrogens with one attached hydrogen (secondary N) is 4. The minimum Gasteiger partial charge on any atom is -0.369 e. The van der Waals surface area contributed by atoms with Gasteiger partial charge in [-0.3, -0.25) is 0 Å². The van der Waals surface area contributed by atoms with Crippen molar-refractivity contribution in [1.82, 2.24) is 30.6 Å². The zero-order valence-corrected chi connectivity index (χ0v) is 17.5. The molecule has 174 valence electrons. The molecule has 2 atom stereocenters. The van der Waals surface area contributed by atoms with Crippen molar-refractivity contribution in [3.63, 3.8) is 0 Å². The Morgan fingerprint density at radius 1 is 1.15 bits per heavy atom. The number of nitrogens with zero attached hydrogens (tertiary/aromatic N) is 3. The van der Waals surface area contributed by atoms with Crippen LogP contribution >= 0.6 is 0 Å². The number of alkyl halides is 3. The van der Waals surface area contributed by atoms with Gasteiger partial charge in [-0.05, 0) is 12.1 Å². The summed E-state index contributed by atoms with van der Waals surface area (Å²) in [5, 5.41) is 10.1. The monoisotopic (exact) mass is 461 g/mol. The molecular formula is C21H22F3N7O2. The van der Waals surface area contributed by atoms with Gasteiger partial charge in [-0.25, -0.2) is 15.0 Å². The van der Waals surface area contributed by atoms with Crippen molar-refractivity contribution in [2.45, 2.75) is 23.9 Å². The molecule has 9 nitrogen and oxygen atoms in total. The van der Waals surface area contributed by atoms with Crippen LogP contribution in [0.4, 0.5) is 19.1 Å². The van der Waals surface area contributed by atoms with E-state index in [1.165, 1.54) is 6.20 Å². The molecule has 0 bridgehead atoms. The number of hydrogen-bond donors (Lipinski definition) is 4. The van der Waals surface area contributed by atoms with Crippen LogP contribution in [0.2, 0.25) is 0 Å². The maximum atomic E-state index is 13.8. The van der Waals surface area contributed by atoms with Crippen molar-refractivity contribution in [1.29, 1.82) is 0 Å². The van der Waals surface area contributed by atoms with E-state index in [1.54, 1.807) is 12.1 Å². The van der Waals surface area contributed by atoms with Crippen molar-refractivity contribution < 1.29 is 22.6 Å². The van der Waals surface area contributed by atoms with Crippen LogP contribution in [0.25, 0.3) is 22.3 Å². The molecule has 3 saturated heterocycles. The Balaban J connectivity index is 1.36. The Morgan fingerprint density at radius 3 is 2.70 bits per heavy atom. The second-order valence-corrected chi connectivity index (χ2v) is 8.53. The molecule has 3 aliphatic rings. The van der Waals surface area contributed by atoms with Crippen LogP contribution in [0.1, 0.15) is 17.4 Å². The van der Waals surface area contributed by atoms with Gasteiger partial charge in [0.05, 0.1) is 30.6 Å². The average molecular weight is 461 g/mol. The maximum Gasteiger partial charge on any atom is 0.419 e. The van der Waals surface area contributed by atoms with Gasteiger partial charge in [-0.1, -0.05) is 0 Å². The van der Waals surface area contributed by atoms with Crippen LogP contribution in [-0.4, -0.2) is 71.0 Å². The highest BCUT2D eigenvalue weighted by Gasteiger charge is 2.53. The topological polar surface area (TPSA) is 109 Å². The van der Waals surface area contributed by atoms with E-state index >= 15 is 0 Å². The Hall–Kier alpha value is -2.80. The van der Waals surface area contributed by atoms with Crippen LogP contribution in [-0.2, 0) is 15.7 Å². The number of morpholine rings is 1. The number of rotatable bonds is 4. The molecule has 33 heavy (non-hydrogen) atoms. The molecule has 3 aromatic rings. The number of ether oxygens (including phenoxy) is 2. The van der Waals surface area contributed by atoms with Gasteiger partial charge in [0.15, 0.2) is 0 Å². The van der Waals surface area contributed by atoms with Gasteiger partial charge in [0.1, 0.15) is 22.9 Å². The molecule has 12 heteroatoms. The van der Waals surface area contributed by atoms with Crippen LogP contribution in [0.3, 0.4) is 0 Å². The Morgan fingerprint density at radius 2 is 2.03 bits per heavy atom. The SMILES string of the molecule is FC(F)(F)c1cnc(NC2COC23CNC3)nc1-c1c[nH]c2nc(C3CNCCO3)ccc12. The quantitative estimate of drug-likeness (QED) is 0.466. The van der Waals surface area contributed by atoms with Gasteiger partial charge in [-0.15, -0.1) is 0 Å². The minimum atomic E-state index is -4.61. The number of aromatic nitrogens is 4. The molecule has 3 fully saturated rings. The number of H-pyrrole nitrogens is 1. The van der Waals surface area contributed by atoms with E-state index < -0.39 is 11.7 Å². The molecule has 3 aromatic heterocycles. The summed E-state index contributed by atoms with van der Waals surface area (Å²) in [6.07, 6.45) is -2.47. The van der Waals surface area contributed by atoms with Crippen molar-refractivity contribution in [3.05, 3.63) is 35.8 Å². The lowest BCUT2D eigenvalue weighted by Crippen LogP contribution is -2.77. The minimum absolute atomic E-state index is 0.0559. The average Bonchev–Trinajstić information content (AvgIpc) is 3.19. The number of pyridine rings is 1. The van der Waals surface area contributed by atoms with Crippen LogP contribution < -0.4 is 16.0 Å². The van der Waals surface area contributed by atoms with E-state index in [0.717, 1.165) is 12.7 Å². The highest BCUT2D eigenvalue weighted by Crippen LogP contribution is 2.39. The van der Waals surface area contributed by atoms with E-state index in [1.807, 2.05) is 0 Å². The third-order valence-corrected chi connectivity index (χ3v) is 6.49. The molecular weight excluding hydrogens is 439 g/mol. The van der Waals surface area contributed by atoms with Crippen molar-refractivity contribution >= 4 is 17.0 Å². The third kappa shape index (κ3) is 3.53. The Labute approximate surface area is 186 Å². The number of fused-ring (bicyclic) bond motifs is 1. The van der Waals surface area contributed by atoms with Crippen LogP contribution in [0.15, 0.2) is 24.5 Å². The van der Waals surface area contributed by atoms with E-state index in [4.69, 9.17) is 9.47 Å². The fraction of sp³-hybridized carbons (Fsp3) is 0.476. The Kier molecular flexibility index (Phi) is 4.80. The molecule has 0 aromatic carbocycles. The van der Waals surface area contributed by atoms with Gasteiger partial charge >= 0.3 is 6.18 Å². The van der Waals surface area contributed by atoms with Gasteiger partial charge in [0, 0.05) is 49.5 Å². The normalized spacial score (nSPS) is 24.5.